The maximum Gasteiger partial charge on any atom is 0.408 e. The van der Waals surface area contributed by atoms with Crippen molar-refractivity contribution in [2.45, 2.75) is 70.1 Å². The van der Waals surface area contributed by atoms with Gasteiger partial charge in [0.15, 0.2) is 12.2 Å². The van der Waals surface area contributed by atoms with Gasteiger partial charge in [-0.3, -0.25) is 14.4 Å². The number of carbonyl (C=O) groups is 5. The van der Waals surface area contributed by atoms with E-state index in [-0.39, 0.29) is 18.8 Å². The van der Waals surface area contributed by atoms with Crippen molar-refractivity contribution in [3.8, 4) is 0 Å². The highest BCUT2D eigenvalue weighted by atomic mass is 32.2. The van der Waals surface area contributed by atoms with Crippen LogP contribution in [-0.2, 0) is 42.9 Å². The zero-order valence-electron chi connectivity index (χ0n) is 18.4. The first-order chi connectivity index (χ1) is 14.3. The van der Waals surface area contributed by atoms with Gasteiger partial charge in [-0.2, -0.15) is 11.8 Å². The molecule has 1 fully saturated rings. The van der Waals surface area contributed by atoms with Crippen molar-refractivity contribution in [2.24, 2.45) is 0 Å². The third kappa shape index (κ3) is 9.90. The van der Waals surface area contributed by atoms with Gasteiger partial charge in [0.1, 0.15) is 18.2 Å². The second-order valence-electron chi connectivity index (χ2n) is 7.70. The van der Waals surface area contributed by atoms with E-state index < -0.39 is 59.1 Å². The third-order valence-corrected chi connectivity index (χ3v) is 5.18. The third-order valence-electron chi connectivity index (χ3n) is 3.79. The fraction of sp³-hybridized carbons (Fsp3) is 0.737. The number of amides is 1. The fourth-order valence-corrected chi connectivity index (χ4v) is 3.94. The zero-order valence-corrected chi connectivity index (χ0v) is 19.2. The summed E-state index contributed by atoms with van der Waals surface area (Å²) in [6, 6.07) is -1.08. The van der Waals surface area contributed by atoms with E-state index in [4.69, 9.17) is 23.7 Å². The summed E-state index contributed by atoms with van der Waals surface area (Å²) in [5, 5.41) is 1.82. The molecular formula is C19H29NO10S. The van der Waals surface area contributed by atoms with E-state index in [9.17, 15) is 24.0 Å². The lowest BCUT2D eigenvalue weighted by molar-refractivity contribution is -0.182. The number of rotatable bonds is 8. The van der Waals surface area contributed by atoms with E-state index >= 15 is 0 Å². The molecule has 1 N–H and O–H groups in total. The summed E-state index contributed by atoms with van der Waals surface area (Å²) < 4.78 is 25.3. The van der Waals surface area contributed by atoms with Crippen LogP contribution in [0.5, 0.6) is 0 Å². The molecule has 1 aliphatic rings. The van der Waals surface area contributed by atoms with Crippen LogP contribution in [0.25, 0.3) is 0 Å². The minimum absolute atomic E-state index is 0.00190. The monoisotopic (exact) mass is 463 g/mol. The van der Waals surface area contributed by atoms with Crippen molar-refractivity contribution in [1.29, 1.82) is 0 Å². The maximum atomic E-state index is 12.1. The van der Waals surface area contributed by atoms with Gasteiger partial charge in [0, 0.05) is 19.6 Å². The van der Waals surface area contributed by atoms with Crippen molar-refractivity contribution >= 4 is 41.7 Å². The molecule has 1 heterocycles. The van der Waals surface area contributed by atoms with Crippen molar-refractivity contribution < 1.29 is 47.7 Å². The number of methoxy groups -OCH3 is 1. The summed E-state index contributed by atoms with van der Waals surface area (Å²) in [5.41, 5.74) is -0.768. The molecule has 0 bridgehead atoms. The highest BCUT2D eigenvalue weighted by Crippen LogP contribution is 2.30. The lowest BCUT2D eigenvalue weighted by atomic mass is 10.0. The van der Waals surface area contributed by atoms with Crippen LogP contribution >= 0.6 is 11.8 Å². The first kappa shape index (κ1) is 26.5. The van der Waals surface area contributed by atoms with Gasteiger partial charge in [-0.25, -0.2) is 9.59 Å². The van der Waals surface area contributed by atoms with Gasteiger partial charge in [0.2, 0.25) is 0 Å². The molecule has 0 saturated carbocycles. The van der Waals surface area contributed by atoms with Gasteiger partial charge in [-0.05, 0) is 20.8 Å². The maximum absolute atomic E-state index is 12.1. The molecule has 0 aromatic rings. The fourth-order valence-electron chi connectivity index (χ4n) is 2.61. The van der Waals surface area contributed by atoms with E-state index in [0.29, 0.717) is 0 Å². The number of carbonyl (C=O) groups excluding carboxylic acids is 5. The summed E-state index contributed by atoms with van der Waals surface area (Å²) in [4.78, 5) is 58.9. The molecule has 0 radical (unpaired) electrons. The number of alkyl carbamates (subject to hydrolysis) is 1. The topological polar surface area (TPSA) is 144 Å². The first-order valence-electron chi connectivity index (χ1n) is 9.51. The number of hydrogen-bond donors (Lipinski definition) is 1. The Balaban J connectivity index is 2.91. The number of hydrogen-bond acceptors (Lipinski definition) is 11. The Morgan fingerprint density at radius 1 is 1.19 bits per heavy atom. The van der Waals surface area contributed by atoms with Crippen molar-refractivity contribution in [2.75, 3.05) is 19.5 Å². The average molecular weight is 464 g/mol. The van der Waals surface area contributed by atoms with Crippen LogP contribution in [0.1, 0.15) is 41.0 Å². The summed E-state index contributed by atoms with van der Waals surface area (Å²) in [7, 11) is 1.17. The van der Waals surface area contributed by atoms with Gasteiger partial charge < -0.3 is 29.0 Å². The molecule has 0 aromatic heterocycles. The van der Waals surface area contributed by atoms with Crippen molar-refractivity contribution in [3.05, 3.63) is 0 Å². The Labute approximate surface area is 184 Å². The van der Waals surface area contributed by atoms with Gasteiger partial charge in [-0.15, -0.1) is 0 Å². The van der Waals surface area contributed by atoms with Gasteiger partial charge in [0.05, 0.1) is 18.8 Å². The Morgan fingerprint density at radius 2 is 1.84 bits per heavy atom. The Bertz CT molecular complexity index is 690. The molecule has 1 rings (SSSR count). The van der Waals surface area contributed by atoms with Gasteiger partial charge >= 0.3 is 30.0 Å². The lowest BCUT2D eigenvalue weighted by Gasteiger charge is -2.36. The number of thioether (sulfide) groups is 1. The normalized spacial score (nSPS) is 21.9. The largest absolute Gasteiger partial charge is 0.467 e. The molecule has 0 unspecified atom stereocenters. The van der Waals surface area contributed by atoms with Crippen LogP contribution in [0, 0.1) is 0 Å². The molecule has 12 heteroatoms. The van der Waals surface area contributed by atoms with Crippen LogP contribution < -0.4 is 5.32 Å². The smallest absolute Gasteiger partial charge is 0.408 e. The minimum atomic E-state index is -1.08. The van der Waals surface area contributed by atoms with Crippen molar-refractivity contribution in [3.63, 3.8) is 0 Å². The predicted octanol–water partition coefficient (Wildman–Crippen LogP) is 0.965. The molecule has 176 valence electrons. The SMILES string of the molecule is COC(=O)[C@H](CS[C@H]1CC(=O)O[C@H](COC(C)=O)[C@H]1OC(C)=O)NC(=O)OC(C)(C)C. The number of nitrogens with one attached hydrogen (secondary N) is 1. The minimum Gasteiger partial charge on any atom is -0.467 e. The highest BCUT2D eigenvalue weighted by Gasteiger charge is 2.42. The molecule has 11 nitrogen and oxygen atoms in total. The number of esters is 4. The van der Waals surface area contributed by atoms with Crippen LogP contribution in [0.4, 0.5) is 4.79 Å². The molecule has 1 aliphatic heterocycles. The second-order valence-corrected chi connectivity index (χ2v) is 8.97. The Morgan fingerprint density at radius 3 is 2.35 bits per heavy atom. The van der Waals surface area contributed by atoms with Crippen LogP contribution in [-0.4, -0.2) is 78.5 Å². The Kier molecular flexibility index (Phi) is 10.1. The standard InChI is InChI=1S/C19H29NO10S/c1-10(21)27-8-13-16(28-11(2)22)14(7-15(23)29-13)31-9-12(17(24)26-6)20-18(25)30-19(3,4)5/h12-14,16H,7-9H2,1-6H3,(H,20,25)/t12-,13+,14-,16+/m0/s1. The first-order valence-corrected chi connectivity index (χ1v) is 10.6. The quantitative estimate of drug-likeness (QED) is 0.406. The lowest BCUT2D eigenvalue weighted by Crippen LogP contribution is -2.51. The van der Waals surface area contributed by atoms with Crippen LogP contribution in [0.15, 0.2) is 0 Å². The van der Waals surface area contributed by atoms with E-state index in [1.807, 2.05) is 0 Å². The zero-order chi connectivity index (χ0) is 23.8. The number of ether oxygens (including phenoxy) is 5. The van der Waals surface area contributed by atoms with Gasteiger partial charge in [-0.1, -0.05) is 0 Å². The summed E-state index contributed by atoms with van der Waals surface area (Å²) in [5.74, 6) is -2.48. The highest BCUT2D eigenvalue weighted by molar-refractivity contribution is 8.00. The molecule has 1 amide bonds. The summed E-state index contributed by atoms with van der Waals surface area (Å²) in [6.07, 6.45) is -2.84. The predicted molar refractivity (Wildman–Crippen MR) is 108 cm³/mol. The van der Waals surface area contributed by atoms with E-state index in [2.05, 4.69) is 5.32 Å². The van der Waals surface area contributed by atoms with Gasteiger partial charge in [0.25, 0.3) is 0 Å². The van der Waals surface area contributed by atoms with Crippen molar-refractivity contribution in [1.82, 2.24) is 5.32 Å². The van der Waals surface area contributed by atoms with E-state index in [0.717, 1.165) is 11.8 Å². The molecule has 31 heavy (non-hydrogen) atoms. The second kappa shape index (κ2) is 11.8. The molecule has 4 atom stereocenters. The number of cyclic esters (lactones) is 1. The van der Waals surface area contributed by atoms with Crippen LogP contribution in [0.3, 0.4) is 0 Å². The molecular weight excluding hydrogens is 434 g/mol. The molecule has 1 saturated heterocycles. The van der Waals surface area contributed by atoms with E-state index in [1.54, 1.807) is 20.8 Å². The Hall–Kier alpha value is -2.50. The van der Waals surface area contributed by atoms with Crippen LogP contribution in [0.2, 0.25) is 0 Å². The van der Waals surface area contributed by atoms with E-state index in [1.165, 1.54) is 21.0 Å². The molecule has 0 aromatic carbocycles. The summed E-state index contributed by atoms with van der Waals surface area (Å²) >= 11 is 1.11. The summed E-state index contributed by atoms with van der Waals surface area (Å²) in [6.45, 7) is 7.13. The average Bonchev–Trinajstić information content (AvgIpc) is 2.62. The molecule has 0 spiro atoms. The molecule has 0 aliphatic carbocycles.